The summed E-state index contributed by atoms with van der Waals surface area (Å²) in [5, 5.41) is 0. The van der Waals surface area contributed by atoms with Gasteiger partial charge in [0.2, 0.25) is 0 Å². The molecule has 0 saturated carbocycles. The van der Waals surface area contributed by atoms with Crippen molar-refractivity contribution in [1.29, 1.82) is 0 Å². The molecular formula is C11H15FN2O2S. The van der Waals surface area contributed by atoms with Crippen molar-refractivity contribution in [2.75, 3.05) is 29.2 Å². The Kier molecular flexibility index (Phi) is 2.99. The van der Waals surface area contributed by atoms with E-state index in [-0.39, 0.29) is 17.5 Å². The average Bonchev–Trinajstić information content (AvgIpc) is 2.58. The number of anilines is 2. The number of nitrogen functional groups attached to an aromatic ring is 1. The maximum Gasteiger partial charge on any atom is 0.152 e. The van der Waals surface area contributed by atoms with E-state index in [1.54, 1.807) is 13.1 Å². The average molecular weight is 258 g/mol. The van der Waals surface area contributed by atoms with Crippen LogP contribution in [0.15, 0.2) is 18.2 Å². The molecule has 1 aromatic carbocycles. The number of nitrogens with two attached hydrogens (primary N) is 1. The first-order chi connectivity index (χ1) is 7.89. The molecule has 6 heteroatoms. The Balaban J connectivity index is 2.23. The molecule has 4 nitrogen and oxygen atoms in total. The molecule has 1 aromatic rings. The van der Waals surface area contributed by atoms with Crippen LogP contribution in [0.25, 0.3) is 0 Å². The predicted molar refractivity (Wildman–Crippen MR) is 66.3 cm³/mol. The summed E-state index contributed by atoms with van der Waals surface area (Å²) in [4.78, 5) is 1.82. The number of rotatable bonds is 2. The molecule has 0 aromatic heterocycles. The Morgan fingerprint density at radius 2 is 2.18 bits per heavy atom. The Morgan fingerprint density at radius 3 is 2.71 bits per heavy atom. The van der Waals surface area contributed by atoms with Crippen LogP contribution < -0.4 is 10.6 Å². The number of hydrogen-bond acceptors (Lipinski definition) is 4. The number of hydrogen-bond donors (Lipinski definition) is 1. The number of sulfone groups is 1. The highest BCUT2D eigenvalue weighted by molar-refractivity contribution is 7.91. The summed E-state index contributed by atoms with van der Waals surface area (Å²) in [6.07, 6.45) is 0.593. The lowest BCUT2D eigenvalue weighted by molar-refractivity contribution is 0.600. The fourth-order valence-corrected chi connectivity index (χ4v) is 3.90. The standard InChI is InChI=1S/C11H15FN2O2S/c1-14(9-4-5-17(15,16)7-9)11-3-2-8(12)6-10(11)13/h2-3,6,9H,4-5,7,13H2,1H3. The van der Waals surface area contributed by atoms with Gasteiger partial charge in [-0.25, -0.2) is 12.8 Å². The SMILES string of the molecule is CN(c1ccc(F)cc1N)C1CCS(=O)(=O)C1. The highest BCUT2D eigenvalue weighted by Gasteiger charge is 2.31. The van der Waals surface area contributed by atoms with E-state index in [4.69, 9.17) is 5.73 Å². The number of halogens is 1. The van der Waals surface area contributed by atoms with Crippen molar-refractivity contribution < 1.29 is 12.8 Å². The monoisotopic (exact) mass is 258 g/mol. The van der Waals surface area contributed by atoms with Crippen LogP contribution >= 0.6 is 0 Å². The molecule has 94 valence electrons. The molecule has 1 aliphatic rings. The molecule has 1 unspecified atom stereocenters. The summed E-state index contributed by atoms with van der Waals surface area (Å²) in [5.74, 6) is -0.0395. The third-order valence-electron chi connectivity index (χ3n) is 3.13. The van der Waals surface area contributed by atoms with E-state index in [2.05, 4.69) is 0 Å². The van der Waals surface area contributed by atoms with Crippen molar-refractivity contribution in [2.24, 2.45) is 0 Å². The molecule has 0 amide bonds. The minimum Gasteiger partial charge on any atom is -0.397 e. The van der Waals surface area contributed by atoms with Crippen molar-refractivity contribution in [3.63, 3.8) is 0 Å². The van der Waals surface area contributed by atoms with E-state index < -0.39 is 15.7 Å². The normalized spacial score (nSPS) is 22.6. The van der Waals surface area contributed by atoms with Crippen molar-refractivity contribution >= 4 is 21.2 Å². The molecule has 2 N–H and O–H groups in total. The lowest BCUT2D eigenvalue weighted by Crippen LogP contribution is -2.33. The molecule has 1 saturated heterocycles. The molecular weight excluding hydrogens is 243 g/mol. The quantitative estimate of drug-likeness (QED) is 0.805. The summed E-state index contributed by atoms with van der Waals surface area (Å²) in [7, 11) is -1.14. The summed E-state index contributed by atoms with van der Waals surface area (Å²) in [5.41, 5.74) is 6.73. The van der Waals surface area contributed by atoms with Crippen molar-refractivity contribution in [3.05, 3.63) is 24.0 Å². The number of benzene rings is 1. The van der Waals surface area contributed by atoms with E-state index in [9.17, 15) is 12.8 Å². The van der Waals surface area contributed by atoms with Gasteiger partial charge in [0.1, 0.15) is 5.82 Å². The summed E-state index contributed by atoms with van der Waals surface area (Å²) in [6, 6.07) is 4.07. The van der Waals surface area contributed by atoms with Gasteiger partial charge in [-0.15, -0.1) is 0 Å². The Morgan fingerprint density at radius 1 is 1.47 bits per heavy atom. The summed E-state index contributed by atoms with van der Waals surface area (Å²) in [6.45, 7) is 0. The second kappa shape index (κ2) is 4.18. The van der Waals surface area contributed by atoms with Gasteiger partial charge < -0.3 is 10.6 Å². The van der Waals surface area contributed by atoms with E-state index in [1.165, 1.54) is 12.1 Å². The van der Waals surface area contributed by atoms with Crippen LogP contribution in [0.1, 0.15) is 6.42 Å². The highest BCUT2D eigenvalue weighted by atomic mass is 32.2. The third kappa shape index (κ3) is 2.52. The maximum atomic E-state index is 12.9. The van der Waals surface area contributed by atoms with Crippen LogP contribution in [-0.4, -0.2) is 33.0 Å². The molecule has 1 aliphatic heterocycles. The smallest absolute Gasteiger partial charge is 0.152 e. The van der Waals surface area contributed by atoms with Crippen LogP contribution in [0, 0.1) is 5.82 Å². The topological polar surface area (TPSA) is 63.4 Å². The zero-order valence-corrected chi connectivity index (χ0v) is 10.4. The lowest BCUT2D eigenvalue weighted by Gasteiger charge is -2.26. The van der Waals surface area contributed by atoms with Crippen LogP contribution in [-0.2, 0) is 9.84 Å². The predicted octanol–water partition coefficient (Wildman–Crippen LogP) is 1.03. The van der Waals surface area contributed by atoms with Gasteiger partial charge in [0.05, 0.1) is 22.9 Å². The largest absolute Gasteiger partial charge is 0.397 e. The minimum atomic E-state index is -2.93. The van der Waals surface area contributed by atoms with Gasteiger partial charge >= 0.3 is 0 Å². The van der Waals surface area contributed by atoms with Crippen molar-refractivity contribution in [1.82, 2.24) is 0 Å². The van der Waals surface area contributed by atoms with Gasteiger partial charge in [-0.05, 0) is 24.6 Å². The molecule has 1 fully saturated rings. The lowest BCUT2D eigenvalue weighted by atomic mass is 10.2. The van der Waals surface area contributed by atoms with Crippen LogP contribution in [0.5, 0.6) is 0 Å². The Hall–Kier alpha value is -1.30. The minimum absolute atomic E-state index is 0.0761. The second-order valence-electron chi connectivity index (χ2n) is 4.37. The Labute approximate surface area is 100 Å². The first-order valence-corrected chi connectivity index (χ1v) is 7.19. The number of nitrogens with zero attached hydrogens (tertiary/aromatic N) is 1. The van der Waals surface area contributed by atoms with Crippen molar-refractivity contribution in [3.8, 4) is 0 Å². The fraction of sp³-hybridized carbons (Fsp3) is 0.455. The van der Waals surface area contributed by atoms with E-state index >= 15 is 0 Å². The fourth-order valence-electron chi connectivity index (χ4n) is 2.12. The molecule has 17 heavy (non-hydrogen) atoms. The third-order valence-corrected chi connectivity index (χ3v) is 4.88. The van der Waals surface area contributed by atoms with Crippen molar-refractivity contribution in [2.45, 2.75) is 12.5 Å². The molecule has 2 rings (SSSR count). The van der Waals surface area contributed by atoms with Gasteiger partial charge in [-0.3, -0.25) is 0 Å². The van der Waals surface area contributed by atoms with E-state index in [0.717, 1.165) is 0 Å². The van der Waals surface area contributed by atoms with Gasteiger partial charge in [-0.2, -0.15) is 0 Å². The van der Waals surface area contributed by atoms with Crippen LogP contribution in [0.2, 0.25) is 0 Å². The van der Waals surface area contributed by atoms with Gasteiger partial charge in [0.15, 0.2) is 9.84 Å². The first kappa shape index (κ1) is 12.2. The molecule has 0 bridgehead atoms. The molecule has 0 radical (unpaired) electrons. The zero-order valence-electron chi connectivity index (χ0n) is 9.56. The maximum absolute atomic E-state index is 12.9. The highest BCUT2D eigenvalue weighted by Crippen LogP contribution is 2.28. The van der Waals surface area contributed by atoms with Crippen LogP contribution in [0.3, 0.4) is 0 Å². The molecule has 0 aliphatic carbocycles. The first-order valence-electron chi connectivity index (χ1n) is 5.37. The van der Waals surface area contributed by atoms with E-state index in [0.29, 0.717) is 17.8 Å². The second-order valence-corrected chi connectivity index (χ2v) is 6.60. The van der Waals surface area contributed by atoms with Gasteiger partial charge in [0, 0.05) is 13.1 Å². The van der Waals surface area contributed by atoms with Gasteiger partial charge in [0.25, 0.3) is 0 Å². The Bertz CT molecular complexity index is 530. The molecule has 0 spiro atoms. The summed E-state index contributed by atoms with van der Waals surface area (Å²) >= 11 is 0. The summed E-state index contributed by atoms with van der Waals surface area (Å²) < 4.78 is 35.7. The van der Waals surface area contributed by atoms with E-state index in [1.807, 2.05) is 4.90 Å². The zero-order chi connectivity index (χ0) is 12.6. The molecule has 1 atom stereocenters. The molecule has 1 heterocycles. The van der Waals surface area contributed by atoms with Gasteiger partial charge in [-0.1, -0.05) is 0 Å². The van der Waals surface area contributed by atoms with Crippen LogP contribution in [0.4, 0.5) is 15.8 Å².